The Morgan fingerprint density at radius 3 is 2.70 bits per heavy atom. The second-order valence-electron chi connectivity index (χ2n) is 5.63. The normalized spacial score (nSPS) is 20.8. The highest BCUT2D eigenvalue weighted by Crippen LogP contribution is 2.51. The molecule has 1 aromatic heterocycles. The summed E-state index contributed by atoms with van der Waals surface area (Å²) in [6.07, 6.45) is 2.55. The van der Waals surface area contributed by atoms with Crippen molar-refractivity contribution in [1.82, 2.24) is 9.97 Å². The van der Waals surface area contributed by atoms with Gasteiger partial charge in [-0.1, -0.05) is 11.6 Å². The van der Waals surface area contributed by atoms with Gasteiger partial charge in [0.15, 0.2) is 0 Å². The zero-order valence-corrected chi connectivity index (χ0v) is 12.3. The first-order valence-corrected chi connectivity index (χ1v) is 7.34. The van der Waals surface area contributed by atoms with E-state index in [0.717, 1.165) is 31.6 Å². The number of ether oxygens (including phenoxy) is 1. The lowest BCUT2D eigenvalue weighted by molar-refractivity contribution is -0.117. The van der Waals surface area contributed by atoms with Crippen LogP contribution in [0.5, 0.6) is 0 Å². The quantitative estimate of drug-likeness (QED) is 0.795. The van der Waals surface area contributed by atoms with Gasteiger partial charge in [-0.3, -0.25) is 4.79 Å². The molecule has 0 radical (unpaired) electrons. The first-order chi connectivity index (χ1) is 9.59. The van der Waals surface area contributed by atoms with Gasteiger partial charge in [-0.25, -0.2) is 9.97 Å². The summed E-state index contributed by atoms with van der Waals surface area (Å²) in [5.74, 6) is 0.857. The first-order valence-electron chi connectivity index (χ1n) is 6.96. The highest BCUT2D eigenvalue weighted by atomic mass is 35.5. The Morgan fingerprint density at radius 1 is 1.40 bits per heavy atom. The number of rotatable bonds is 4. The molecule has 5 nitrogen and oxygen atoms in total. The van der Waals surface area contributed by atoms with Gasteiger partial charge >= 0.3 is 0 Å². The van der Waals surface area contributed by atoms with E-state index in [2.05, 4.69) is 14.9 Å². The fourth-order valence-electron chi connectivity index (χ4n) is 2.73. The molecule has 0 aromatic carbocycles. The fraction of sp³-hybridized carbons (Fsp3) is 0.643. The van der Waals surface area contributed by atoms with E-state index >= 15 is 0 Å². The Morgan fingerprint density at radius 2 is 2.10 bits per heavy atom. The second-order valence-corrected chi connectivity index (χ2v) is 6.02. The number of halogens is 1. The summed E-state index contributed by atoms with van der Waals surface area (Å²) in [5.41, 5.74) is 0.814. The molecule has 0 unspecified atom stereocenters. The van der Waals surface area contributed by atoms with E-state index in [9.17, 15) is 4.79 Å². The molecule has 1 aliphatic carbocycles. The number of morpholine rings is 1. The fourth-order valence-corrected chi connectivity index (χ4v) is 2.91. The molecule has 1 saturated carbocycles. The number of anilines is 1. The number of nitrogens with zero attached hydrogens (tertiary/aromatic N) is 3. The monoisotopic (exact) mass is 295 g/mol. The van der Waals surface area contributed by atoms with Crippen LogP contribution in [0, 0.1) is 0 Å². The zero-order chi connectivity index (χ0) is 14.2. The largest absolute Gasteiger partial charge is 0.378 e. The smallest absolute Gasteiger partial charge is 0.227 e. The number of hydrogen-bond donors (Lipinski definition) is 0. The van der Waals surface area contributed by atoms with Crippen LogP contribution in [0.15, 0.2) is 6.07 Å². The van der Waals surface area contributed by atoms with Gasteiger partial charge in [-0.2, -0.15) is 0 Å². The molecule has 0 atom stereocenters. The third kappa shape index (κ3) is 2.79. The van der Waals surface area contributed by atoms with Crippen molar-refractivity contribution in [1.29, 1.82) is 0 Å². The lowest BCUT2D eigenvalue weighted by Crippen LogP contribution is -2.37. The minimum atomic E-state index is -0.0978. The van der Waals surface area contributed by atoms with Gasteiger partial charge in [0.2, 0.25) is 5.95 Å². The summed E-state index contributed by atoms with van der Waals surface area (Å²) in [6, 6.07) is 1.81. The van der Waals surface area contributed by atoms with Crippen LogP contribution in [0.25, 0.3) is 0 Å². The summed E-state index contributed by atoms with van der Waals surface area (Å²) < 4.78 is 5.34. The van der Waals surface area contributed by atoms with Crippen LogP contribution in [-0.4, -0.2) is 42.1 Å². The molecule has 2 heterocycles. The maximum Gasteiger partial charge on any atom is 0.227 e. The van der Waals surface area contributed by atoms with Crippen LogP contribution in [0.3, 0.4) is 0 Å². The van der Waals surface area contributed by atoms with Crippen molar-refractivity contribution in [2.24, 2.45) is 0 Å². The van der Waals surface area contributed by atoms with Crippen molar-refractivity contribution in [2.75, 3.05) is 31.2 Å². The van der Waals surface area contributed by atoms with Crippen molar-refractivity contribution < 1.29 is 9.53 Å². The minimum absolute atomic E-state index is 0.0978. The Hall–Kier alpha value is -1.20. The minimum Gasteiger partial charge on any atom is -0.378 e. The average Bonchev–Trinajstić information content (AvgIpc) is 3.19. The standard InChI is InChI=1S/C14H18ClN3O2/c1-10(19)9-14(2-3-14)11-8-12(15)17-13(16-11)18-4-6-20-7-5-18/h8H,2-7,9H2,1H3. The van der Waals surface area contributed by atoms with E-state index in [0.29, 0.717) is 30.7 Å². The van der Waals surface area contributed by atoms with Gasteiger partial charge in [-0.15, -0.1) is 0 Å². The Kier molecular flexibility index (Phi) is 3.65. The highest BCUT2D eigenvalue weighted by Gasteiger charge is 2.47. The van der Waals surface area contributed by atoms with Crippen molar-refractivity contribution >= 4 is 23.3 Å². The van der Waals surface area contributed by atoms with E-state index in [-0.39, 0.29) is 11.2 Å². The molecule has 0 amide bonds. The molecule has 0 N–H and O–H groups in total. The maximum absolute atomic E-state index is 11.4. The average molecular weight is 296 g/mol. The number of ketones is 1. The molecule has 0 bridgehead atoms. The summed E-state index contributed by atoms with van der Waals surface area (Å²) in [6.45, 7) is 4.55. The number of aromatic nitrogens is 2. The molecule has 6 heteroatoms. The molecule has 0 spiro atoms. The molecule has 20 heavy (non-hydrogen) atoms. The Bertz CT molecular complexity index is 525. The van der Waals surface area contributed by atoms with E-state index < -0.39 is 0 Å². The summed E-state index contributed by atoms with van der Waals surface area (Å²) in [5, 5.41) is 0.450. The van der Waals surface area contributed by atoms with Crippen LogP contribution in [-0.2, 0) is 14.9 Å². The van der Waals surface area contributed by atoms with E-state index in [1.807, 2.05) is 0 Å². The van der Waals surface area contributed by atoms with Crippen molar-refractivity contribution in [3.8, 4) is 0 Å². The third-order valence-electron chi connectivity index (χ3n) is 3.96. The van der Waals surface area contributed by atoms with E-state index in [1.54, 1.807) is 13.0 Å². The highest BCUT2D eigenvalue weighted by molar-refractivity contribution is 6.29. The van der Waals surface area contributed by atoms with Gasteiger partial charge in [0.1, 0.15) is 10.9 Å². The number of carbonyl (C=O) groups is 1. The summed E-state index contributed by atoms with van der Waals surface area (Å²) >= 11 is 6.15. The number of hydrogen-bond acceptors (Lipinski definition) is 5. The van der Waals surface area contributed by atoms with Gasteiger partial charge in [0.25, 0.3) is 0 Å². The molecule has 1 saturated heterocycles. The topological polar surface area (TPSA) is 55.3 Å². The van der Waals surface area contributed by atoms with Gasteiger partial charge < -0.3 is 9.64 Å². The van der Waals surface area contributed by atoms with Crippen molar-refractivity contribution in [2.45, 2.75) is 31.6 Å². The van der Waals surface area contributed by atoms with Gasteiger partial charge in [0.05, 0.1) is 18.9 Å². The lowest BCUT2D eigenvalue weighted by atomic mass is 9.96. The first kappa shape index (κ1) is 13.8. The molecule has 108 valence electrons. The number of Topliss-reactive ketones (excluding diaryl/α,β-unsaturated/α-hetero) is 1. The Balaban J connectivity index is 1.88. The number of carbonyl (C=O) groups excluding carboxylic acids is 1. The van der Waals surface area contributed by atoms with Crippen molar-refractivity contribution in [3.63, 3.8) is 0 Å². The third-order valence-corrected chi connectivity index (χ3v) is 4.15. The molecular weight excluding hydrogens is 278 g/mol. The SMILES string of the molecule is CC(=O)CC1(c2cc(Cl)nc(N3CCOCC3)n2)CC1. The van der Waals surface area contributed by atoms with Crippen molar-refractivity contribution in [3.05, 3.63) is 16.9 Å². The predicted octanol–water partition coefficient (Wildman–Crippen LogP) is 1.98. The zero-order valence-electron chi connectivity index (χ0n) is 11.6. The van der Waals surface area contributed by atoms with Crippen LogP contribution in [0.4, 0.5) is 5.95 Å². The Labute approximate surface area is 123 Å². The molecule has 1 aromatic rings. The molecular formula is C14H18ClN3O2. The van der Waals surface area contributed by atoms with Gasteiger partial charge in [0, 0.05) is 24.9 Å². The van der Waals surface area contributed by atoms with Gasteiger partial charge in [-0.05, 0) is 25.8 Å². The molecule has 2 fully saturated rings. The summed E-state index contributed by atoms with van der Waals surface area (Å²) in [7, 11) is 0. The molecule has 2 aliphatic rings. The van der Waals surface area contributed by atoms with E-state index in [1.165, 1.54) is 0 Å². The molecule has 1 aliphatic heterocycles. The van der Waals surface area contributed by atoms with Crippen LogP contribution >= 0.6 is 11.6 Å². The second kappa shape index (κ2) is 5.30. The lowest BCUT2D eigenvalue weighted by Gasteiger charge is -2.27. The predicted molar refractivity (Wildman–Crippen MR) is 76.3 cm³/mol. The van der Waals surface area contributed by atoms with E-state index in [4.69, 9.17) is 16.3 Å². The maximum atomic E-state index is 11.4. The molecule has 3 rings (SSSR count). The summed E-state index contributed by atoms with van der Waals surface area (Å²) in [4.78, 5) is 22.5. The van der Waals surface area contributed by atoms with Crippen LogP contribution < -0.4 is 4.90 Å². The van der Waals surface area contributed by atoms with Crippen LogP contribution in [0.2, 0.25) is 5.15 Å². The van der Waals surface area contributed by atoms with Crippen LogP contribution in [0.1, 0.15) is 31.9 Å².